The molecule has 0 fully saturated rings. The van der Waals surface area contributed by atoms with Gasteiger partial charge in [-0.1, -0.05) is 33.1 Å². The number of hydrogen-bond acceptors (Lipinski definition) is 1. The van der Waals surface area contributed by atoms with Crippen LogP contribution in [0.1, 0.15) is 14.9 Å². The van der Waals surface area contributed by atoms with Crippen LogP contribution in [0.2, 0.25) is 0 Å². The minimum atomic E-state index is 0. The molecule has 1 nitrogen and oxygen atoms in total. The van der Waals surface area contributed by atoms with Crippen LogP contribution in [0.25, 0.3) is 0 Å². The summed E-state index contributed by atoms with van der Waals surface area (Å²) in [6.45, 7) is 0. The zero-order chi connectivity index (χ0) is 5.82. The van der Waals surface area contributed by atoms with E-state index < -0.39 is 0 Å². The molecular formula is C9H16O. The van der Waals surface area contributed by atoms with Crippen LogP contribution in [0, 0.1) is 0 Å². The SMILES string of the molecule is C.C.COc1ccccc1. The van der Waals surface area contributed by atoms with Gasteiger partial charge in [0, 0.05) is 0 Å². The topological polar surface area (TPSA) is 9.23 Å². The standard InChI is InChI=1S/C7H8O.2CH4/c1-8-7-5-3-2-4-6-7;;/h2-6H,1H3;2*1H4. The Morgan fingerprint density at radius 3 is 1.80 bits per heavy atom. The van der Waals surface area contributed by atoms with Crippen LogP contribution in [0.4, 0.5) is 0 Å². The van der Waals surface area contributed by atoms with Crippen LogP contribution < -0.4 is 4.74 Å². The molecule has 0 N–H and O–H groups in total. The average Bonchev–Trinajstić information content (AvgIpc) is 1.90. The molecule has 0 aliphatic heterocycles. The number of methoxy groups -OCH3 is 1. The molecule has 1 aromatic carbocycles. The molecule has 0 saturated carbocycles. The van der Waals surface area contributed by atoms with Crippen molar-refractivity contribution in [3.63, 3.8) is 0 Å². The number of ether oxygens (including phenoxy) is 1. The third-order valence-electron chi connectivity index (χ3n) is 0.979. The maximum Gasteiger partial charge on any atom is 0.118 e. The van der Waals surface area contributed by atoms with Crippen molar-refractivity contribution < 1.29 is 4.74 Å². The van der Waals surface area contributed by atoms with E-state index in [-0.39, 0.29) is 14.9 Å². The molecule has 0 amide bonds. The lowest BCUT2D eigenvalue weighted by atomic mass is 10.3. The summed E-state index contributed by atoms with van der Waals surface area (Å²) >= 11 is 0. The quantitative estimate of drug-likeness (QED) is 0.582. The van der Waals surface area contributed by atoms with Crippen molar-refractivity contribution in [1.29, 1.82) is 0 Å². The van der Waals surface area contributed by atoms with Gasteiger partial charge in [-0.2, -0.15) is 0 Å². The fourth-order valence-corrected chi connectivity index (χ4v) is 0.557. The first-order valence-electron chi connectivity index (χ1n) is 2.52. The monoisotopic (exact) mass is 140 g/mol. The predicted octanol–water partition coefficient (Wildman–Crippen LogP) is 2.97. The molecule has 58 valence electrons. The molecular weight excluding hydrogens is 124 g/mol. The van der Waals surface area contributed by atoms with Crippen molar-refractivity contribution in [2.75, 3.05) is 7.11 Å². The largest absolute Gasteiger partial charge is 0.497 e. The van der Waals surface area contributed by atoms with Gasteiger partial charge < -0.3 is 4.74 Å². The van der Waals surface area contributed by atoms with E-state index in [1.165, 1.54) is 0 Å². The minimum absolute atomic E-state index is 0. The normalized spacial score (nSPS) is 6.90. The third kappa shape index (κ3) is 3.13. The van der Waals surface area contributed by atoms with Gasteiger partial charge in [-0.15, -0.1) is 0 Å². The molecule has 0 saturated heterocycles. The molecule has 10 heavy (non-hydrogen) atoms. The smallest absolute Gasteiger partial charge is 0.118 e. The first kappa shape index (κ1) is 11.8. The van der Waals surface area contributed by atoms with Crippen molar-refractivity contribution in [3.05, 3.63) is 30.3 Å². The molecule has 0 spiro atoms. The maximum atomic E-state index is 4.91. The average molecular weight is 140 g/mol. The van der Waals surface area contributed by atoms with Gasteiger partial charge in [0.2, 0.25) is 0 Å². The lowest BCUT2D eigenvalue weighted by Crippen LogP contribution is -1.78. The van der Waals surface area contributed by atoms with Crippen molar-refractivity contribution in [2.45, 2.75) is 14.9 Å². The van der Waals surface area contributed by atoms with Crippen LogP contribution in [-0.2, 0) is 0 Å². The van der Waals surface area contributed by atoms with Crippen molar-refractivity contribution in [3.8, 4) is 5.75 Å². The van der Waals surface area contributed by atoms with E-state index >= 15 is 0 Å². The second-order valence-electron chi connectivity index (χ2n) is 1.52. The maximum absolute atomic E-state index is 4.91. The van der Waals surface area contributed by atoms with Crippen LogP contribution in [0.15, 0.2) is 30.3 Å². The third-order valence-corrected chi connectivity index (χ3v) is 0.979. The summed E-state index contributed by atoms with van der Waals surface area (Å²) < 4.78 is 4.91. The number of benzene rings is 1. The summed E-state index contributed by atoms with van der Waals surface area (Å²) in [5.41, 5.74) is 0. The molecule has 0 aromatic heterocycles. The lowest BCUT2D eigenvalue weighted by molar-refractivity contribution is 0.415. The Morgan fingerprint density at radius 2 is 1.50 bits per heavy atom. The van der Waals surface area contributed by atoms with Crippen LogP contribution in [0.5, 0.6) is 5.75 Å². The first-order chi connectivity index (χ1) is 3.93. The first-order valence-corrected chi connectivity index (χ1v) is 2.52. The second kappa shape index (κ2) is 6.14. The minimum Gasteiger partial charge on any atom is -0.497 e. The van der Waals surface area contributed by atoms with Crippen LogP contribution in [-0.4, -0.2) is 7.11 Å². The highest BCUT2D eigenvalue weighted by Gasteiger charge is 1.80. The molecule has 0 radical (unpaired) electrons. The lowest BCUT2D eigenvalue weighted by Gasteiger charge is -1.93. The summed E-state index contributed by atoms with van der Waals surface area (Å²) in [6.07, 6.45) is 0. The van der Waals surface area contributed by atoms with E-state index in [9.17, 15) is 0 Å². The zero-order valence-electron chi connectivity index (χ0n) is 4.79. The number of hydrogen-bond donors (Lipinski definition) is 0. The Balaban J connectivity index is 0. The molecule has 0 aliphatic rings. The summed E-state index contributed by atoms with van der Waals surface area (Å²) in [5, 5.41) is 0. The highest BCUT2D eigenvalue weighted by Crippen LogP contribution is 2.05. The van der Waals surface area contributed by atoms with Gasteiger partial charge in [0.05, 0.1) is 7.11 Å². The fourth-order valence-electron chi connectivity index (χ4n) is 0.557. The van der Waals surface area contributed by atoms with E-state index in [2.05, 4.69) is 0 Å². The fraction of sp³-hybridized carbons (Fsp3) is 0.333. The van der Waals surface area contributed by atoms with Gasteiger partial charge in [-0.3, -0.25) is 0 Å². The van der Waals surface area contributed by atoms with Crippen LogP contribution in [0.3, 0.4) is 0 Å². The van der Waals surface area contributed by atoms with Crippen molar-refractivity contribution in [1.82, 2.24) is 0 Å². The van der Waals surface area contributed by atoms with Crippen molar-refractivity contribution in [2.24, 2.45) is 0 Å². The van der Waals surface area contributed by atoms with Crippen molar-refractivity contribution >= 4 is 0 Å². The van der Waals surface area contributed by atoms with E-state index in [0.29, 0.717) is 0 Å². The number of para-hydroxylation sites is 1. The molecule has 0 heterocycles. The molecule has 0 bridgehead atoms. The summed E-state index contributed by atoms with van der Waals surface area (Å²) in [6, 6.07) is 9.68. The van der Waals surface area contributed by atoms with E-state index in [4.69, 9.17) is 4.74 Å². The molecule has 0 unspecified atom stereocenters. The Hall–Kier alpha value is -0.980. The Morgan fingerprint density at radius 1 is 1.00 bits per heavy atom. The molecule has 0 aliphatic carbocycles. The summed E-state index contributed by atoms with van der Waals surface area (Å²) in [5.74, 6) is 0.910. The van der Waals surface area contributed by atoms with Gasteiger partial charge in [-0.05, 0) is 12.1 Å². The van der Waals surface area contributed by atoms with Gasteiger partial charge >= 0.3 is 0 Å². The highest BCUT2D eigenvalue weighted by molar-refractivity contribution is 5.20. The van der Waals surface area contributed by atoms with Crippen LogP contribution >= 0.6 is 0 Å². The van der Waals surface area contributed by atoms with E-state index in [1.54, 1.807) is 7.11 Å². The summed E-state index contributed by atoms with van der Waals surface area (Å²) in [7, 11) is 1.66. The molecule has 1 rings (SSSR count). The second-order valence-corrected chi connectivity index (χ2v) is 1.52. The van der Waals surface area contributed by atoms with Gasteiger partial charge in [0.1, 0.15) is 5.75 Å². The predicted molar refractivity (Wildman–Crippen MR) is 46.5 cm³/mol. The van der Waals surface area contributed by atoms with Gasteiger partial charge in [-0.25, -0.2) is 0 Å². The number of rotatable bonds is 1. The van der Waals surface area contributed by atoms with E-state index in [1.807, 2.05) is 30.3 Å². The van der Waals surface area contributed by atoms with Gasteiger partial charge in [0.25, 0.3) is 0 Å². The van der Waals surface area contributed by atoms with Gasteiger partial charge in [0.15, 0.2) is 0 Å². The molecule has 1 aromatic rings. The zero-order valence-corrected chi connectivity index (χ0v) is 4.79. The van der Waals surface area contributed by atoms with E-state index in [0.717, 1.165) is 5.75 Å². The molecule has 0 atom stereocenters. The Bertz CT molecular complexity index is 146. The molecule has 1 heteroatoms. The Kier molecular flexibility index (Phi) is 7.23. The summed E-state index contributed by atoms with van der Waals surface area (Å²) in [4.78, 5) is 0. The highest BCUT2D eigenvalue weighted by atomic mass is 16.5. The Labute approximate surface area is 63.7 Å².